The van der Waals surface area contributed by atoms with Gasteiger partial charge in [0.1, 0.15) is 5.75 Å². The Hall–Kier alpha value is -3.15. The first-order valence-corrected chi connectivity index (χ1v) is 10.1. The van der Waals surface area contributed by atoms with Gasteiger partial charge in [-0.25, -0.2) is 4.79 Å². The van der Waals surface area contributed by atoms with Gasteiger partial charge in [-0.1, -0.05) is 38.1 Å². The van der Waals surface area contributed by atoms with Crippen molar-refractivity contribution in [3.8, 4) is 5.75 Å². The Balaban J connectivity index is 1.79. The van der Waals surface area contributed by atoms with E-state index in [1.54, 1.807) is 36.4 Å². The largest absolute Gasteiger partial charge is 0.493 e. The molecule has 1 N–H and O–H groups in total. The summed E-state index contributed by atoms with van der Waals surface area (Å²) in [6.45, 7) is 6.52. The normalized spacial score (nSPS) is 10.5. The summed E-state index contributed by atoms with van der Waals surface area (Å²) in [5.41, 5.74) is 1.94. The molecule has 0 unspecified atom stereocenters. The summed E-state index contributed by atoms with van der Waals surface area (Å²) in [5.74, 6) is 0.256. The van der Waals surface area contributed by atoms with Gasteiger partial charge in [-0.05, 0) is 48.6 Å². The molecule has 0 aliphatic carbocycles. The first-order valence-electron chi connectivity index (χ1n) is 10.1. The van der Waals surface area contributed by atoms with Crippen molar-refractivity contribution in [2.45, 2.75) is 33.6 Å². The van der Waals surface area contributed by atoms with E-state index >= 15 is 0 Å². The molecular formula is C24H29NO5. The Morgan fingerprint density at radius 1 is 0.933 bits per heavy atom. The Labute approximate surface area is 177 Å². The van der Waals surface area contributed by atoms with Crippen LogP contribution < -0.4 is 10.1 Å². The van der Waals surface area contributed by atoms with Crippen molar-refractivity contribution in [2.75, 3.05) is 19.8 Å². The molecule has 1 amide bonds. The van der Waals surface area contributed by atoms with Gasteiger partial charge in [-0.2, -0.15) is 0 Å². The smallest absolute Gasteiger partial charge is 0.338 e. The highest BCUT2D eigenvalue weighted by Crippen LogP contribution is 2.14. The average Bonchev–Trinajstić information content (AvgIpc) is 2.74. The van der Waals surface area contributed by atoms with Crippen LogP contribution >= 0.6 is 0 Å². The van der Waals surface area contributed by atoms with Crippen LogP contribution in [0.2, 0.25) is 0 Å². The Morgan fingerprint density at radius 3 is 2.17 bits per heavy atom. The van der Waals surface area contributed by atoms with Crippen molar-refractivity contribution in [3.63, 3.8) is 0 Å². The minimum atomic E-state index is -0.548. The number of amides is 1. The Bertz CT molecular complexity index is 841. The molecule has 0 aliphatic heterocycles. The van der Waals surface area contributed by atoms with Crippen molar-refractivity contribution < 1.29 is 23.9 Å². The van der Waals surface area contributed by atoms with Crippen LogP contribution in [0.1, 0.15) is 53.5 Å². The summed E-state index contributed by atoms with van der Waals surface area (Å²) >= 11 is 0. The molecule has 160 valence electrons. The molecule has 2 rings (SSSR count). The van der Waals surface area contributed by atoms with Crippen molar-refractivity contribution in [3.05, 3.63) is 65.2 Å². The summed E-state index contributed by atoms with van der Waals surface area (Å²) in [6, 6.07) is 13.9. The Kier molecular flexibility index (Phi) is 9.06. The molecule has 0 spiro atoms. The van der Waals surface area contributed by atoms with Crippen LogP contribution in [0.4, 0.5) is 0 Å². The van der Waals surface area contributed by atoms with Crippen LogP contribution in [-0.2, 0) is 16.0 Å². The number of nitrogens with one attached hydrogen (secondary N) is 1. The second-order valence-electron chi connectivity index (χ2n) is 7.51. The predicted octanol–water partition coefficient (Wildman–Crippen LogP) is 3.83. The Morgan fingerprint density at radius 2 is 1.57 bits per heavy atom. The summed E-state index contributed by atoms with van der Waals surface area (Å²) in [4.78, 5) is 35.3. The molecule has 0 atom stereocenters. The number of Topliss-reactive ketones (excluding diaryl/α,β-unsaturated/α-hetero) is 1. The molecule has 2 aromatic rings. The van der Waals surface area contributed by atoms with Crippen LogP contribution in [-0.4, -0.2) is 37.4 Å². The number of esters is 1. The molecule has 30 heavy (non-hydrogen) atoms. The lowest BCUT2D eigenvalue weighted by molar-refractivity contribution is -0.118. The topological polar surface area (TPSA) is 81.7 Å². The third-order valence-electron chi connectivity index (χ3n) is 4.30. The van der Waals surface area contributed by atoms with E-state index in [1.807, 2.05) is 12.1 Å². The van der Waals surface area contributed by atoms with Gasteiger partial charge in [0.05, 0.1) is 12.2 Å². The van der Waals surface area contributed by atoms with Crippen molar-refractivity contribution >= 4 is 17.7 Å². The number of ketones is 1. The molecule has 0 saturated heterocycles. The van der Waals surface area contributed by atoms with Gasteiger partial charge in [0.2, 0.25) is 5.91 Å². The van der Waals surface area contributed by atoms with Crippen LogP contribution in [0.25, 0.3) is 0 Å². The number of carbonyl (C=O) groups is 3. The van der Waals surface area contributed by atoms with E-state index in [4.69, 9.17) is 9.47 Å². The molecule has 2 aromatic carbocycles. The number of ether oxygens (including phenoxy) is 2. The predicted molar refractivity (Wildman–Crippen MR) is 115 cm³/mol. The number of aryl methyl sites for hydroxylation is 1. The fourth-order valence-electron chi connectivity index (χ4n) is 2.66. The second kappa shape index (κ2) is 11.8. The number of rotatable bonds is 11. The van der Waals surface area contributed by atoms with E-state index in [1.165, 1.54) is 6.92 Å². The zero-order valence-corrected chi connectivity index (χ0v) is 17.8. The summed E-state index contributed by atoms with van der Waals surface area (Å²) < 4.78 is 10.7. The molecule has 0 radical (unpaired) electrons. The molecule has 0 aromatic heterocycles. The van der Waals surface area contributed by atoms with Crippen molar-refractivity contribution in [2.24, 2.45) is 5.92 Å². The van der Waals surface area contributed by atoms with E-state index in [-0.39, 0.29) is 18.3 Å². The van der Waals surface area contributed by atoms with E-state index in [0.29, 0.717) is 35.9 Å². The van der Waals surface area contributed by atoms with E-state index in [9.17, 15) is 14.4 Å². The fraction of sp³-hybridized carbons (Fsp3) is 0.375. The maximum absolute atomic E-state index is 12.3. The number of hydrogen-bond acceptors (Lipinski definition) is 5. The SMILES string of the molecule is CC(=O)NCCCc1ccc(C(=O)COC(=O)c2ccc(OCC(C)C)cc2)cc1. The van der Waals surface area contributed by atoms with Gasteiger partial charge >= 0.3 is 5.97 Å². The number of benzene rings is 2. The molecule has 0 saturated carbocycles. The molecular weight excluding hydrogens is 382 g/mol. The lowest BCUT2D eigenvalue weighted by Crippen LogP contribution is -2.21. The molecule has 6 heteroatoms. The minimum Gasteiger partial charge on any atom is -0.493 e. The van der Waals surface area contributed by atoms with Gasteiger partial charge in [-0.15, -0.1) is 0 Å². The van der Waals surface area contributed by atoms with E-state index in [2.05, 4.69) is 19.2 Å². The summed E-state index contributed by atoms with van der Waals surface area (Å²) in [6.07, 6.45) is 1.63. The van der Waals surface area contributed by atoms with Crippen LogP contribution in [0, 0.1) is 5.92 Å². The molecule has 0 fully saturated rings. The van der Waals surface area contributed by atoms with Gasteiger partial charge in [0, 0.05) is 19.0 Å². The fourth-order valence-corrected chi connectivity index (χ4v) is 2.66. The highest BCUT2D eigenvalue weighted by atomic mass is 16.5. The summed E-state index contributed by atoms with van der Waals surface area (Å²) in [7, 11) is 0. The summed E-state index contributed by atoms with van der Waals surface area (Å²) in [5, 5.41) is 2.75. The lowest BCUT2D eigenvalue weighted by atomic mass is 10.1. The van der Waals surface area contributed by atoms with E-state index in [0.717, 1.165) is 18.4 Å². The number of carbonyl (C=O) groups excluding carboxylic acids is 3. The monoisotopic (exact) mass is 411 g/mol. The molecule has 0 bridgehead atoms. The second-order valence-corrected chi connectivity index (χ2v) is 7.51. The standard InChI is InChI=1S/C24H29NO5/c1-17(2)15-29-22-12-10-21(11-13-22)24(28)30-16-23(27)20-8-6-19(7-9-20)5-4-14-25-18(3)26/h6-13,17H,4-5,14-16H2,1-3H3,(H,25,26). The zero-order chi connectivity index (χ0) is 21.9. The van der Waals surface area contributed by atoms with Gasteiger partial charge < -0.3 is 14.8 Å². The van der Waals surface area contributed by atoms with Crippen LogP contribution in [0.3, 0.4) is 0 Å². The van der Waals surface area contributed by atoms with Gasteiger partial charge in [-0.3, -0.25) is 9.59 Å². The highest BCUT2D eigenvalue weighted by Gasteiger charge is 2.12. The molecule has 0 aliphatic rings. The van der Waals surface area contributed by atoms with Crippen LogP contribution in [0.5, 0.6) is 5.75 Å². The third-order valence-corrected chi connectivity index (χ3v) is 4.30. The zero-order valence-electron chi connectivity index (χ0n) is 17.8. The first kappa shape index (κ1) is 23.1. The average molecular weight is 411 g/mol. The van der Waals surface area contributed by atoms with Gasteiger partial charge in [0.15, 0.2) is 12.4 Å². The van der Waals surface area contributed by atoms with Crippen molar-refractivity contribution in [1.29, 1.82) is 0 Å². The molecule has 6 nitrogen and oxygen atoms in total. The maximum atomic E-state index is 12.3. The lowest BCUT2D eigenvalue weighted by Gasteiger charge is -2.09. The number of hydrogen-bond donors (Lipinski definition) is 1. The van der Waals surface area contributed by atoms with Gasteiger partial charge in [0.25, 0.3) is 0 Å². The minimum absolute atomic E-state index is 0.0408. The maximum Gasteiger partial charge on any atom is 0.338 e. The van der Waals surface area contributed by atoms with Crippen molar-refractivity contribution in [1.82, 2.24) is 5.32 Å². The van der Waals surface area contributed by atoms with Crippen LogP contribution in [0.15, 0.2) is 48.5 Å². The molecule has 0 heterocycles. The quantitative estimate of drug-likeness (QED) is 0.345. The highest BCUT2D eigenvalue weighted by molar-refractivity contribution is 5.99. The first-order chi connectivity index (χ1) is 14.3. The van der Waals surface area contributed by atoms with E-state index < -0.39 is 5.97 Å². The third kappa shape index (κ3) is 8.07.